The molecule has 0 unspecified atom stereocenters. The minimum absolute atomic E-state index is 0.256. The summed E-state index contributed by atoms with van der Waals surface area (Å²) in [4.78, 5) is 0. The Labute approximate surface area is 165 Å². The van der Waals surface area contributed by atoms with Gasteiger partial charge in [-0.1, -0.05) is 80.4 Å². The Bertz CT molecular complexity index is 1060. The maximum Gasteiger partial charge on any atom is 0.241 e. The molecule has 0 atom stereocenters. The molecule has 5 rings (SSSR count). The molecule has 1 aliphatic rings. The fourth-order valence-electron chi connectivity index (χ4n) is 4.20. The fourth-order valence-corrected chi connectivity index (χ4v) is 4.20. The van der Waals surface area contributed by atoms with Crippen molar-refractivity contribution in [2.75, 3.05) is 0 Å². The molecule has 0 fully saturated rings. The van der Waals surface area contributed by atoms with Crippen molar-refractivity contribution < 1.29 is 9.47 Å². The predicted octanol–water partition coefficient (Wildman–Crippen LogP) is 7.34. The van der Waals surface area contributed by atoms with Crippen LogP contribution in [0, 0.1) is 0 Å². The molecule has 0 N–H and O–H groups in total. The summed E-state index contributed by atoms with van der Waals surface area (Å²) >= 11 is 0. The lowest BCUT2D eigenvalue weighted by atomic mass is 9.92. The summed E-state index contributed by atoms with van der Waals surface area (Å²) in [5.41, 5.74) is 2.28. The molecule has 0 saturated heterocycles. The van der Waals surface area contributed by atoms with E-state index in [1.54, 1.807) is 0 Å². The van der Waals surface area contributed by atoms with E-state index >= 15 is 0 Å². The van der Waals surface area contributed by atoms with E-state index in [1.165, 1.54) is 34.4 Å². The first-order valence-electron chi connectivity index (χ1n) is 10.2. The molecule has 0 spiro atoms. The summed E-state index contributed by atoms with van der Waals surface area (Å²) in [6.45, 7) is 2.22. The van der Waals surface area contributed by atoms with E-state index in [0.29, 0.717) is 0 Å². The molecule has 1 aliphatic heterocycles. The molecular formula is C26H24O2. The van der Waals surface area contributed by atoms with E-state index in [2.05, 4.69) is 79.7 Å². The first-order chi connectivity index (χ1) is 13.8. The SMILES string of the molecule is CCCCCC1Oc2ccc3ccccc3c2-c2c(ccc3ccccc23)O1. The topological polar surface area (TPSA) is 18.5 Å². The smallest absolute Gasteiger partial charge is 0.241 e. The minimum Gasteiger partial charge on any atom is -0.454 e. The van der Waals surface area contributed by atoms with Gasteiger partial charge in [-0.25, -0.2) is 0 Å². The standard InChI is InChI=1S/C26H24O2/c1-2-3-4-13-24-27-22-16-14-18-9-5-7-11-20(18)25(22)26-21-12-8-6-10-19(21)15-17-23(26)28-24/h5-12,14-17,24H,2-4,13H2,1H3. The van der Waals surface area contributed by atoms with Crippen molar-refractivity contribution in [3.05, 3.63) is 72.8 Å². The Kier molecular flexibility index (Phi) is 4.40. The summed E-state index contributed by atoms with van der Waals surface area (Å²) in [7, 11) is 0. The van der Waals surface area contributed by atoms with Crippen LogP contribution >= 0.6 is 0 Å². The van der Waals surface area contributed by atoms with Gasteiger partial charge < -0.3 is 9.47 Å². The average molecular weight is 368 g/mol. The molecule has 0 aromatic heterocycles. The Balaban J connectivity index is 1.77. The first-order valence-corrected chi connectivity index (χ1v) is 10.2. The molecule has 0 aliphatic carbocycles. The second-order valence-electron chi connectivity index (χ2n) is 7.48. The number of hydrogen-bond donors (Lipinski definition) is 0. The van der Waals surface area contributed by atoms with Gasteiger partial charge in [0.25, 0.3) is 0 Å². The van der Waals surface area contributed by atoms with E-state index in [9.17, 15) is 0 Å². The lowest BCUT2D eigenvalue weighted by Gasteiger charge is -2.18. The molecule has 0 bridgehead atoms. The zero-order valence-electron chi connectivity index (χ0n) is 16.2. The Morgan fingerprint density at radius 3 is 1.71 bits per heavy atom. The lowest BCUT2D eigenvalue weighted by Crippen LogP contribution is -2.23. The number of hydrogen-bond acceptors (Lipinski definition) is 2. The van der Waals surface area contributed by atoms with Crippen LogP contribution in [-0.4, -0.2) is 6.29 Å². The number of ether oxygens (including phenoxy) is 2. The molecule has 0 radical (unpaired) electrons. The molecule has 2 heteroatoms. The molecule has 140 valence electrons. The van der Waals surface area contributed by atoms with E-state index in [-0.39, 0.29) is 6.29 Å². The molecular weight excluding hydrogens is 344 g/mol. The van der Waals surface area contributed by atoms with Crippen molar-refractivity contribution in [3.63, 3.8) is 0 Å². The number of benzene rings is 4. The van der Waals surface area contributed by atoms with Crippen LogP contribution in [0.1, 0.15) is 32.6 Å². The van der Waals surface area contributed by atoms with Crippen LogP contribution in [0.3, 0.4) is 0 Å². The number of unbranched alkanes of at least 4 members (excludes halogenated alkanes) is 2. The van der Waals surface area contributed by atoms with Gasteiger partial charge in [-0.2, -0.15) is 0 Å². The summed E-state index contributed by atoms with van der Waals surface area (Å²) in [5.74, 6) is 1.82. The van der Waals surface area contributed by atoms with Crippen LogP contribution < -0.4 is 9.47 Å². The van der Waals surface area contributed by atoms with Gasteiger partial charge in [0.05, 0.1) is 0 Å². The van der Waals surface area contributed by atoms with Gasteiger partial charge in [-0.05, 0) is 40.1 Å². The van der Waals surface area contributed by atoms with Crippen LogP contribution in [0.2, 0.25) is 0 Å². The molecule has 4 aromatic rings. The van der Waals surface area contributed by atoms with Gasteiger partial charge >= 0.3 is 0 Å². The van der Waals surface area contributed by atoms with E-state index < -0.39 is 0 Å². The van der Waals surface area contributed by atoms with Crippen molar-refractivity contribution in [2.45, 2.75) is 38.9 Å². The van der Waals surface area contributed by atoms with Gasteiger partial charge in [0.2, 0.25) is 6.29 Å². The van der Waals surface area contributed by atoms with Crippen molar-refractivity contribution >= 4 is 21.5 Å². The van der Waals surface area contributed by atoms with E-state index in [4.69, 9.17) is 9.47 Å². The predicted molar refractivity (Wildman–Crippen MR) is 116 cm³/mol. The van der Waals surface area contributed by atoms with Crippen LogP contribution in [0.4, 0.5) is 0 Å². The van der Waals surface area contributed by atoms with Gasteiger partial charge in [0, 0.05) is 17.5 Å². The molecule has 4 aromatic carbocycles. The van der Waals surface area contributed by atoms with Gasteiger partial charge in [0.1, 0.15) is 11.5 Å². The Morgan fingerprint density at radius 1 is 0.643 bits per heavy atom. The van der Waals surface area contributed by atoms with Gasteiger partial charge in [-0.15, -0.1) is 0 Å². The van der Waals surface area contributed by atoms with Crippen LogP contribution in [0.25, 0.3) is 32.7 Å². The van der Waals surface area contributed by atoms with Crippen molar-refractivity contribution in [3.8, 4) is 22.6 Å². The molecule has 28 heavy (non-hydrogen) atoms. The lowest BCUT2D eigenvalue weighted by molar-refractivity contribution is 0.00134. The zero-order valence-corrected chi connectivity index (χ0v) is 16.2. The first kappa shape index (κ1) is 17.1. The maximum absolute atomic E-state index is 6.42. The normalized spacial score (nSPS) is 13.5. The molecule has 0 saturated carbocycles. The van der Waals surface area contributed by atoms with Crippen LogP contribution in [0.15, 0.2) is 72.8 Å². The van der Waals surface area contributed by atoms with Gasteiger partial charge in [-0.3, -0.25) is 0 Å². The average Bonchev–Trinajstić information content (AvgIpc) is 2.90. The summed E-state index contributed by atoms with van der Waals surface area (Å²) < 4.78 is 12.8. The van der Waals surface area contributed by atoms with Crippen LogP contribution in [-0.2, 0) is 0 Å². The third-order valence-electron chi connectivity index (χ3n) is 5.59. The van der Waals surface area contributed by atoms with Crippen molar-refractivity contribution in [1.82, 2.24) is 0 Å². The summed E-state index contributed by atoms with van der Waals surface area (Å²) in [6, 6.07) is 25.5. The quantitative estimate of drug-likeness (QED) is 0.351. The fraction of sp³-hybridized carbons (Fsp3) is 0.231. The zero-order chi connectivity index (χ0) is 18.9. The molecule has 0 amide bonds. The number of rotatable bonds is 4. The monoisotopic (exact) mass is 368 g/mol. The van der Waals surface area contributed by atoms with Crippen molar-refractivity contribution in [1.29, 1.82) is 0 Å². The molecule has 1 heterocycles. The largest absolute Gasteiger partial charge is 0.454 e. The van der Waals surface area contributed by atoms with Gasteiger partial charge in [0.15, 0.2) is 0 Å². The van der Waals surface area contributed by atoms with E-state index in [0.717, 1.165) is 35.5 Å². The highest BCUT2D eigenvalue weighted by molar-refractivity contribution is 6.09. The second-order valence-corrected chi connectivity index (χ2v) is 7.48. The highest BCUT2D eigenvalue weighted by atomic mass is 16.7. The summed E-state index contributed by atoms with van der Waals surface area (Å²) in [6.07, 6.45) is 4.13. The third-order valence-corrected chi connectivity index (χ3v) is 5.59. The van der Waals surface area contributed by atoms with Crippen LogP contribution in [0.5, 0.6) is 11.5 Å². The maximum atomic E-state index is 6.42. The van der Waals surface area contributed by atoms with E-state index in [1.807, 2.05) is 0 Å². The minimum atomic E-state index is -0.256. The highest BCUT2D eigenvalue weighted by Crippen LogP contribution is 2.47. The third kappa shape index (κ3) is 2.90. The number of fused-ring (bicyclic) bond motifs is 7. The van der Waals surface area contributed by atoms with Crippen molar-refractivity contribution in [2.24, 2.45) is 0 Å². The highest BCUT2D eigenvalue weighted by Gasteiger charge is 2.26. The Hall–Kier alpha value is -3.00. The molecule has 2 nitrogen and oxygen atoms in total. The summed E-state index contributed by atoms with van der Waals surface area (Å²) in [5, 5.41) is 4.84. The second kappa shape index (κ2) is 7.20. The Morgan fingerprint density at radius 2 is 1.18 bits per heavy atom.